The zero-order valence-corrected chi connectivity index (χ0v) is 9.50. The molecule has 0 aromatic heterocycles. The van der Waals surface area contributed by atoms with Gasteiger partial charge in [-0.3, -0.25) is 19.8 Å². The Bertz CT molecular complexity index is 376. The molecule has 86 valence electrons. The Hall–Kier alpha value is -0.950. The minimum atomic E-state index is -3.15. The van der Waals surface area contributed by atoms with Crippen LogP contribution in [0.25, 0.3) is 0 Å². The summed E-state index contributed by atoms with van der Waals surface area (Å²) in [6, 6.07) is -0.428. The number of sulfone groups is 1. The van der Waals surface area contributed by atoms with Crippen molar-refractivity contribution in [2.75, 3.05) is 25.1 Å². The maximum atomic E-state index is 11.5. The first-order valence-electron chi connectivity index (χ1n) is 4.56. The average molecular weight is 234 g/mol. The molecule has 1 rings (SSSR count). The lowest BCUT2D eigenvalue weighted by Gasteiger charge is -2.29. The largest absolute Gasteiger partial charge is 0.298 e. The average Bonchev–Trinajstić information content (AvgIpc) is 2.10. The van der Waals surface area contributed by atoms with E-state index in [1.807, 2.05) is 0 Å². The fraction of sp³-hybridized carbons (Fsp3) is 0.750. The van der Waals surface area contributed by atoms with Crippen molar-refractivity contribution in [2.24, 2.45) is 0 Å². The third-order valence-electron chi connectivity index (χ3n) is 2.18. The molecule has 6 nitrogen and oxygen atoms in total. The van der Waals surface area contributed by atoms with Crippen molar-refractivity contribution in [3.8, 4) is 0 Å². The summed E-state index contributed by atoms with van der Waals surface area (Å²) in [4.78, 5) is 23.8. The second kappa shape index (κ2) is 4.28. The zero-order chi connectivity index (χ0) is 11.6. The standard InChI is InChI=1S/C8H14N2O4S/c1-6-8(12)10(7(11)5-9-6)3-4-15(2,13)14/h6,9H,3-5H2,1-2H3. The summed E-state index contributed by atoms with van der Waals surface area (Å²) in [7, 11) is -3.15. The number of hydrogen-bond donors (Lipinski definition) is 1. The van der Waals surface area contributed by atoms with Gasteiger partial charge < -0.3 is 0 Å². The molecule has 2 amide bonds. The molecule has 0 bridgehead atoms. The third kappa shape index (κ3) is 3.28. The van der Waals surface area contributed by atoms with Crippen LogP contribution in [0.2, 0.25) is 0 Å². The molecule has 1 fully saturated rings. The smallest absolute Gasteiger partial charge is 0.246 e. The highest BCUT2D eigenvalue weighted by Gasteiger charge is 2.31. The Balaban J connectivity index is 2.66. The fourth-order valence-electron chi connectivity index (χ4n) is 1.27. The van der Waals surface area contributed by atoms with Crippen LogP contribution in [-0.4, -0.2) is 56.3 Å². The molecule has 1 heterocycles. The van der Waals surface area contributed by atoms with Crippen molar-refractivity contribution in [1.29, 1.82) is 0 Å². The zero-order valence-electron chi connectivity index (χ0n) is 8.69. The first-order chi connectivity index (χ1) is 6.81. The quantitative estimate of drug-likeness (QED) is 0.593. The van der Waals surface area contributed by atoms with E-state index in [4.69, 9.17) is 0 Å². The molecule has 0 radical (unpaired) electrons. The van der Waals surface area contributed by atoms with Crippen LogP contribution in [0.15, 0.2) is 0 Å². The van der Waals surface area contributed by atoms with Gasteiger partial charge in [0.15, 0.2) is 0 Å². The van der Waals surface area contributed by atoms with E-state index >= 15 is 0 Å². The summed E-state index contributed by atoms with van der Waals surface area (Å²) >= 11 is 0. The number of hydrogen-bond acceptors (Lipinski definition) is 5. The summed E-state index contributed by atoms with van der Waals surface area (Å²) in [6.07, 6.45) is 1.08. The monoisotopic (exact) mass is 234 g/mol. The van der Waals surface area contributed by atoms with Gasteiger partial charge >= 0.3 is 0 Å². The Morgan fingerprint density at radius 3 is 2.60 bits per heavy atom. The summed E-state index contributed by atoms with van der Waals surface area (Å²) in [5.41, 5.74) is 0. The van der Waals surface area contributed by atoms with Crippen molar-refractivity contribution < 1.29 is 18.0 Å². The van der Waals surface area contributed by atoms with Gasteiger partial charge in [0.1, 0.15) is 9.84 Å². The Kier molecular flexibility index (Phi) is 3.46. The molecule has 1 atom stereocenters. The Morgan fingerprint density at radius 2 is 2.07 bits per heavy atom. The SMILES string of the molecule is CC1NCC(=O)N(CCS(C)(=O)=O)C1=O. The van der Waals surface area contributed by atoms with Gasteiger partial charge in [-0.25, -0.2) is 8.42 Å². The van der Waals surface area contributed by atoms with Gasteiger partial charge in [-0.05, 0) is 6.92 Å². The minimum Gasteiger partial charge on any atom is -0.298 e. The highest BCUT2D eigenvalue weighted by atomic mass is 32.2. The van der Waals surface area contributed by atoms with Crippen molar-refractivity contribution >= 4 is 21.7 Å². The molecule has 1 aliphatic rings. The number of carbonyl (C=O) groups excluding carboxylic acids is 2. The van der Waals surface area contributed by atoms with Gasteiger partial charge in [0.05, 0.1) is 18.3 Å². The highest BCUT2D eigenvalue weighted by Crippen LogP contribution is 2.02. The number of carbonyl (C=O) groups is 2. The van der Waals surface area contributed by atoms with E-state index in [1.165, 1.54) is 0 Å². The molecule has 7 heteroatoms. The predicted octanol–water partition coefficient (Wildman–Crippen LogP) is -1.62. The molecule has 0 saturated carbocycles. The molecule has 1 aliphatic heterocycles. The number of nitrogens with one attached hydrogen (secondary N) is 1. The molecule has 0 aromatic carbocycles. The first kappa shape index (κ1) is 12.1. The molecular weight excluding hydrogens is 220 g/mol. The normalized spacial score (nSPS) is 23.3. The number of nitrogens with zero attached hydrogens (tertiary/aromatic N) is 1. The van der Waals surface area contributed by atoms with E-state index < -0.39 is 15.9 Å². The topological polar surface area (TPSA) is 83.6 Å². The van der Waals surface area contributed by atoms with Crippen LogP contribution in [0.5, 0.6) is 0 Å². The van der Waals surface area contributed by atoms with Gasteiger partial charge in [-0.1, -0.05) is 0 Å². The second-order valence-corrected chi connectivity index (χ2v) is 5.88. The molecule has 15 heavy (non-hydrogen) atoms. The number of rotatable bonds is 3. The highest BCUT2D eigenvalue weighted by molar-refractivity contribution is 7.90. The lowest BCUT2D eigenvalue weighted by atomic mass is 10.2. The van der Waals surface area contributed by atoms with Gasteiger partial charge in [-0.2, -0.15) is 0 Å². The number of imide groups is 1. The predicted molar refractivity (Wildman–Crippen MR) is 53.9 cm³/mol. The molecule has 0 aromatic rings. The molecule has 0 aliphatic carbocycles. The molecule has 0 spiro atoms. The van der Waals surface area contributed by atoms with Crippen LogP contribution in [-0.2, 0) is 19.4 Å². The minimum absolute atomic E-state index is 0.0531. The molecule has 1 unspecified atom stereocenters. The van der Waals surface area contributed by atoms with Gasteiger partial charge in [0, 0.05) is 12.8 Å². The fourth-order valence-corrected chi connectivity index (χ4v) is 1.79. The Morgan fingerprint density at radius 1 is 1.47 bits per heavy atom. The van der Waals surface area contributed by atoms with E-state index in [0.29, 0.717) is 0 Å². The van der Waals surface area contributed by atoms with Gasteiger partial charge in [-0.15, -0.1) is 0 Å². The first-order valence-corrected chi connectivity index (χ1v) is 6.62. The van der Waals surface area contributed by atoms with Crippen LogP contribution in [0.4, 0.5) is 0 Å². The van der Waals surface area contributed by atoms with Crippen LogP contribution < -0.4 is 5.32 Å². The Labute approximate surface area is 88.5 Å². The second-order valence-electron chi connectivity index (χ2n) is 3.62. The summed E-state index contributed by atoms with van der Waals surface area (Å²) in [5.74, 6) is -0.923. The maximum absolute atomic E-state index is 11.5. The van der Waals surface area contributed by atoms with Crippen LogP contribution in [0, 0.1) is 0 Å². The van der Waals surface area contributed by atoms with E-state index in [9.17, 15) is 18.0 Å². The summed E-state index contributed by atoms with van der Waals surface area (Å²) < 4.78 is 21.8. The van der Waals surface area contributed by atoms with Gasteiger partial charge in [0.25, 0.3) is 0 Å². The molecule has 1 N–H and O–H groups in total. The lowest BCUT2D eigenvalue weighted by Crippen LogP contribution is -2.57. The summed E-state index contributed by atoms with van der Waals surface area (Å²) in [6.45, 7) is 1.67. The lowest BCUT2D eigenvalue weighted by molar-refractivity contribution is -0.148. The van der Waals surface area contributed by atoms with Crippen LogP contribution in [0.1, 0.15) is 6.92 Å². The van der Waals surface area contributed by atoms with Crippen molar-refractivity contribution in [3.05, 3.63) is 0 Å². The van der Waals surface area contributed by atoms with Crippen LogP contribution >= 0.6 is 0 Å². The van der Waals surface area contributed by atoms with E-state index in [1.54, 1.807) is 6.92 Å². The maximum Gasteiger partial charge on any atom is 0.246 e. The van der Waals surface area contributed by atoms with Crippen LogP contribution in [0.3, 0.4) is 0 Å². The number of piperazine rings is 1. The number of amides is 2. The van der Waals surface area contributed by atoms with Crippen molar-refractivity contribution in [1.82, 2.24) is 10.2 Å². The third-order valence-corrected chi connectivity index (χ3v) is 3.11. The van der Waals surface area contributed by atoms with E-state index in [0.717, 1.165) is 11.2 Å². The van der Waals surface area contributed by atoms with E-state index in [2.05, 4.69) is 5.32 Å². The van der Waals surface area contributed by atoms with Crippen molar-refractivity contribution in [2.45, 2.75) is 13.0 Å². The van der Waals surface area contributed by atoms with Crippen molar-refractivity contribution in [3.63, 3.8) is 0 Å². The van der Waals surface area contributed by atoms with Gasteiger partial charge in [0.2, 0.25) is 11.8 Å². The molecular formula is C8H14N2O4S. The van der Waals surface area contributed by atoms with E-state index in [-0.39, 0.29) is 30.7 Å². The molecule has 1 saturated heterocycles. The summed E-state index contributed by atoms with van der Waals surface area (Å²) in [5, 5.41) is 2.72.